The van der Waals surface area contributed by atoms with E-state index in [4.69, 9.17) is 16.3 Å². The fourth-order valence-corrected chi connectivity index (χ4v) is 2.52. The molecule has 0 aromatic heterocycles. The summed E-state index contributed by atoms with van der Waals surface area (Å²) in [5.74, 6) is 0. The zero-order valence-corrected chi connectivity index (χ0v) is 14.3. The predicted molar refractivity (Wildman–Crippen MR) is 91.1 cm³/mol. The number of rotatable bonds is 11. The maximum Gasteiger partial charge on any atom is 0.0466 e. The van der Waals surface area contributed by atoms with Crippen molar-refractivity contribution in [3.63, 3.8) is 0 Å². The summed E-state index contributed by atoms with van der Waals surface area (Å²) in [5, 5.41) is 4.33. The van der Waals surface area contributed by atoms with Crippen LogP contribution < -0.4 is 5.32 Å². The third-order valence-corrected chi connectivity index (χ3v) is 4.10. The van der Waals surface area contributed by atoms with Gasteiger partial charge in [-0.2, -0.15) is 0 Å². The Balaban J connectivity index is 2.16. The lowest BCUT2D eigenvalue weighted by atomic mass is 10.1. The Morgan fingerprint density at radius 2 is 2.00 bits per heavy atom. The first-order valence-electron chi connectivity index (χ1n) is 7.90. The van der Waals surface area contributed by atoms with E-state index in [0.29, 0.717) is 6.04 Å². The number of hydrogen-bond donors (Lipinski definition) is 1. The number of likely N-dealkylation sites (N-methyl/N-ethyl adjacent to an activating group) is 1. The van der Waals surface area contributed by atoms with E-state index in [1.165, 1.54) is 12.0 Å². The molecule has 1 unspecified atom stereocenters. The number of ether oxygens (including phenoxy) is 1. The normalized spacial score (nSPS) is 12.8. The lowest BCUT2D eigenvalue weighted by Crippen LogP contribution is -2.31. The van der Waals surface area contributed by atoms with Gasteiger partial charge in [0.15, 0.2) is 0 Å². The number of nitrogens with one attached hydrogen (secondary N) is 1. The third-order valence-electron chi connectivity index (χ3n) is 3.75. The van der Waals surface area contributed by atoms with Crippen LogP contribution in [-0.4, -0.2) is 44.8 Å². The number of halogens is 1. The summed E-state index contributed by atoms with van der Waals surface area (Å²) in [7, 11) is 2.14. The van der Waals surface area contributed by atoms with Crippen LogP contribution in [-0.2, 0) is 4.74 Å². The maximum atomic E-state index is 6.25. The molecule has 0 aliphatic carbocycles. The predicted octanol–water partition coefficient (Wildman–Crippen LogP) is 3.74. The molecule has 1 rings (SSSR count). The fourth-order valence-electron chi connectivity index (χ4n) is 2.22. The lowest BCUT2D eigenvalue weighted by molar-refractivity contribution is 0.143. The van der Waals surface area contributed by atoms with Gasteiger partial charge >= 0.3 is 0 Å². The molecule has 0 bridgehead atoms. The van der Waals surface area contributed by atoms with E-state index in [-0.39, 0.29) is 0 Å². The second-order valence-corrected chi connectivity index (χ2v) is 5.74. The summed E-state index contributed by atoms with van der Waals surface area (Å²) in [6.07, 6.45) is 2.30. The summed E-state index contributed by atoms with van der Waals surface area (Å²) in [5.41, 5.74) is 1.19. The van der Waals surface area contributed by atoms with Crippen LogP contribution in [0.3, 0.4) is 0 Å². The summed E-state index contributed by atoms with van der Waals surface area (Å²) >= 11 is 6.25. The van der Waals surface area contributed by atoms with E-state index in [1.54, 1.807) is 0 Å². The highest BCUT2D eigenvalue weighted by Gasteiger charge is 2.13. The topological polar surface area (TPSA) is 24.5 Å². The zero-order valence-electron chi connectivity index (χ0n) is 13.6. The van der Waals surface area contributed by atoms with Gasteiger partial charge in [-0.25, -0.2) is 0 Å². The average molecular weight is 313 g/mol. The van der Waals surface area contributed by atoms with Crippen LogP contribution in [0.25, 0.3) is 0 Å². The van der Waals surface area contributed by atoms with E-state index in [0.717, 1.165) is 44.3 Å². The molecule has 0 amide bonds. The van der Waals surface area contributed by atoms with Gasteiger partial charge in [0.25, 0.3) is 0 Å². The van der Waals surface area contributed by atoms with Gasteiger partial charge in [0.1, 0.15) is 0 Å². The smallest absolute Gasteiger partial charge is 0.0466 e. The highest BCUT2D eigenvalue weighted by molar-refractivity contribution is 6.31. The van der Waals surface area contributed by atoms with Gasteiger partial charge in [0, 0.05) is 37.4 Å². The first-order chi connectivity index (χ1) is 10.2. The van der Waals surface area contributed by atoms with Crippen molar-refractivity contribution in [1.29, 1.82) is 0 Å². The van der Waals surface area contributed by atoms with Crippen molar-refractivity contribution in [2.45, 2.75) is 32.7 Å². The molecule has 1 N–H and O–H groups in total. The van der Waals surface area contributed by atoms with Crippen LogP contribution >= 0.6 is 11.6 Å². The first kappa shape index (κ1) is 18.4. The maximum absolute atomic E-state index is 6.25. The molecule has 0 aliphatic heterocycles. The quantitative estimate of drug-likeness (QED) is 0.630. The Hall–Kier alpha value is -0.610. The Bertz CT molecular complexity index is 387. The summed E-state index contributed by atoms with van der Waals surface area (Å²) in [4.78, 5) is 2.33. The molecular weight excluding hydrogens is 284 g/mol. The van der Waals surface area contributed by atoms with Crippen molar-refractivity contribution in [1.82, 2.24) is 10.2 Å². The number of hydrogen-bond acceptors (Lipinski definition) is 3. The Kier molecular flexibility index (Phi) is 9.68. The third kappa shape index (κ3) is 7.28. The van der Waals surface area contributed by atoms with E-state index in [2.05, 4.69) is 30.3 Å². The molecule has 1 atom stereocenters. The van der Waals surface area contributed by atoms with Gasteiger partial charge in [0.05, 0.1) is 0 Å². The molecule has 0 fully saturated rings. The Labute approximate surface area is 134 Å². The monoisotopic (exact) mass is 312 g/mol. The van der Waals surface area contributed by atoms with Crippen LogP contribution in [0.1, 0.15) is 38.3 Å². The molecule has 4 heteroatoms. The van der Waals surface area contributed by atoms with Crippen LogP contribution in [0.4, 0.5) is 0 Å². The largest absolute Gasteiger partial charge is 0.382 e. The van der Waals surface area contributed by atoms with Crippen LogP contribution in [0.5, 0.6) is 0 Å². The Morgan fingerprint density at radius 3 is 2.71 bits per heavy atom. The highest BCUT2D eigenvalue weighted by atomic mass is 35.5. The van der Waals surface area contributed by atoms with Gasteiger partial charge in [-0.1, -0.05) is 29.8 Å². The van der Waals surface area contributed by atoms with Crippen molar-refractivity contribution >= 4 is 11.6 Å². The molecule has 1 aromatic carbocycles. The SMILES string of the molecule is CCOCCCCNCCN(C)C(C)c1ccccc1Cl. The van der Waals surface area contributed by atoms with E-state index < -0.39 is 0 Å². The fraction of sp³-hybridized carbons (Fsp3) is 0.647. The van der Waals surface area contributed by atoms with E-state index in [1.807, 2.05) is 25.1 Å². The van der Waals surface area contributed by atoms with E-state index in [9.17, 15) is 0 Å². The molecule has 0 spiro atoms. The molecule has 120 valence electrons. The van der Waals surface area contributed by atoms with Gasteiger partial charge in [-0.15, -0.1) is 0 Å². The molecule has 1 aromatic rings. The lowest BCUT2D eigenvalue weighted by Gasteiger charge is -2.26. The van der Waals surface area contributed by atoms with Gasteiger partial charge in [-0.3, -0.25) is 4.90 Å². The van der Waals surface area contributed by atoms with Crippen molar-refractivity contribution in [2.75, 3.05) is 39.9 Å². The minimum absolute atomic E-state index is 0.332. The van der Waals surface area contributed by atoms with Crippen molar-refractivity contribution in [3.8, 4) is 0 Å². The summed E-state index contributed by atoms with van der Waals surface area (Å²) < 4.78 is 5.32. The molecule has 0 aliphatic rings. The molecule has 0 radical (unpaired) electrons. The summed E-state index contributed by atoms with van der Waals surface area (Å²) in [6, 6.07) is 8.41. The summed E-state index contributed by atoms with van der Waals surface area (Å²) in [6.45, 7) is 9.00. The zero-order chi connectivity index (χ0) is 15.5. The second-order valence-electron chi connectivity index (χ2n) is 5.33. The molecule has 21 heavy (non-hydrogen) atoms. The van der Waals surface area contributed by atoms with Crippen LogP contribution in [0, 0.1) is 0 Å². The molecule has 0 heterocycles. The average Bonchev–Trinajstić information content (AvgIpc) is 2.49. The highest BCUT2D eigenvalue weighted by Crippen LogP contribution is 2.25. The van der Waals surface area contributed by atoms with Gasteiger partial charge < -0.3 is 10.1 Å². The Morgan fingerprint density at radius 1 is 1.24 bits per heavy atom. The standard InChI is InChI=1S/C17H29ClN2O/c1-4-21-14-8-7-11-19-12-13-20(3)15(2)16-9-5-6-10-17(16)18/h5-6,9-10,15,19H,4,7-8,11-14H2,1-3H3. The molecular formula is C17H29ClN2O. The number of benzene rings is 1. The first-order valence-corrected chi connectivity index (χ1v) is 8.27. The molecule has 0 saturated heterocycles. The second kappa shape index (κ2) is 11.0. The van der Waals surface area contributed by atoms with Crippen LogP contribution in [0.2, 0.25) is 5.02 Å². The van der Waals surface area contributed by atoms with Crippen molar-refractivity contribution in [2.24, 2.45) is 0 Å². The van der Waals surface area contributed by atoms with E-state index >= 15 is 0 Å². The van der Waals surface area contributed by atoms with Crippen molar-refractivity contribution < 1.29 is 4.74 Å². The number of nitrogens with zero attached hydrogens (tertiary/aromatic N) is 1. The number of unbranched alkanes of at least 4 members (excludes halogenated alkanes) is 1. The van der Waals surface area contributed by atoms with Gasteiger partial charge in [-0.05, 0) is 51.9 Å². The van der Waals surface area contributed by atoms with Crippen molar-refractivity contribution in [3.05, 3.63) is 34.9 Å². The molecule has 0 saturated carbocycles. The van der Waals surface area contributed by atoms with Gasteiger partial charge in [0.2, 0.25) is 0 Å². The minimum Gasteiger partial charge on any atom is -0.382 e. The van der Waals surface area contributed by atoms with Crippen LogP contribution in [0.15, 0.2) is 24.3 Å². The minimum atomic E-state index is 0.332. The molecule has 3 nitrogen and oxygen atoms in total.